The van der Waals surface area contributed by atoms with Crippen LogP contribution < -0.4 is 9.64 Å². The second-order valence-corrected chi connectivity index (χ2v) is 5.05. The van der Waals surface area contributed by atoms with E-state index in [0.29, 0.717) is 5.75 Å². The van der Waals surface area contributed by atoms with Crippen LogP contribution in [0, 0.1) is 0 Å². The van der Waals surface area contributed by atoms with Crippen molar-refractivity contribution in [2.24, 2.45) is 0 Å². The topological polar surface area (TPSA) is 32.7 Å². The minimum absolute atomic E-state index is 0.233. The molecule has 0 aliphatic carbocycles. The number of rotatable bonds is 1. The van der Waals surface area contributed by atoms with E-state index in [1.165, 1.54) is 0 Å². The summed E-state index contributed by atoms with van der Waals surface area (Å²) in [6.45, 7) is 1.71. The second-order valence-electron chi connectivity index (χ2n) is 5.05. The Morgan fingerprint density at radius 2 is 1.68 bits per heavy atom. The number of nitrogens with zero attached hydrogens (tertiary/aromatic N) is 1. The number of benzene rings is 2. The van der Waals surface area contributed by atoms with Gasteiger partial charge in [-0.2, -0.15) is 0 Å². The molecular formula is C16H17NO2. The zero-order valence-electron chi connectivity index (χ0n) is 11.1. The quantitative estimate of drug-likeness (QED) is 0.850. The van der Waals surface area contributed by atoms with Crippen molar-refractivity contribution in [2.45, 2.75) is 18.8 Å². The van der Waals surface area contributed by atoms with Crippen LogP contribution in [0.15, 0.2) is 54.6 Å². The average Bonchev–Trinajstić information content (AvgIpc) is 2.39. The summed E-state index contributed by atoms with van der Waals surface area (Å²) in [6, 6.07) is 17.5. The maximum atomic E-state index is 10.6. The molecule has 0 radical (unpaired) electrons. The Balaban J connectivity index is 2.10. The van der Waals surface area contributed by atoms with Crippen LogP contribution in [-0.2, 0) is 0 Å². The summed E-state index contributed by atoms with van der Waals surface area (Å²) in [7, 11) is 1.98. The molecule has 1 aliphatic rings. The average molecular weight is 255 g/mol. The van der Waals surface area contributed by atoms with Gasteiger partial charge in [0.15, 0.2) is 0 Å². The van der Waals surface area contributed by atoms with E-state index in [1.54, 1.807) is 6.92 Å². The number of hydrogen-bond donors (Lipinski definition) is 1. The Labute approximate surface area is 113 Å². The van der Waals surface area contributed by atoms with Gasteiger partial charge >= 0.3 is 0 Å². The van der Waals surface area contributed by atoms with Gasteiger partial charge in [0.05, 0.1) is 5.69 Å². The van der Waals surface area contributed by atoms with E-state index in [4.69, 9.17) is 4.74 Å². The zero-order valence-corrected chi connectivity index (χ0v) is 11.1. The number of likely N-dealkylation sites (N-methyl/N-ethyl adjacent to an activating group) is 1. The fourth-order valence-corrected chi connectivity index (χ4v) is 2.78. The number of anilines is 1. The van der Waals surface area contributed by atoms with Crippen molar-refractivity contribution in [3.05, 3.63) is 60.2 Å². The number of ether oxygens (including phenoxy) is 1. The molecule has 0 amide bonds. The Bertz CT molecular complexity index is 580. The highest BCUT2D eigenvalue weighted by molar-refractivity contribution is 5.61. The van der Waals surface area contributed by atoms with Crippen LogP contribution in [-0.4, -0.2) is 17.9 Å². The predicted octanol–water partition coefficient (Wildman–Crippen LogP) is 2.97. The van der Waals surface area contributed by atoms with Gasteiger partial charge in [0.1, 0.15) is 11.8 Å². The first-order valence-corrected chi connectivity index (χ1v) is 6.38. The van der Waals surface area contributed by atoms with Crippen molar-refractivity contribution in [1.29, 1.82) is 0 Å². The van der Waals surface area contributed by atoms with Crippen molar-refractivity contribution in [1.82, 2.24) is 0 Å². The molecule has 3 heteroatoms. The van der Waals surface area contributed by atoms with Gasteiger partial charge < -0.3 is 14.7 Å². The SMILES string of the molecule is CN1c2ccccc2O[C@](C)(O)[C@@H]1c1ccccc1. The maximum absolute atomic E-state index is 10.6. The predicted molar refractivity (Wildman–Crippen MR) is 75.3 cm³/mol. The molecule has 3 rings (SSSR count). The van der Waals surface area contributed by atoms with E-state index in [1.807, 2.05) is 61.6 Å². The van der Waals surface area contributed by atoms with Crippen LogP contribution in [0.5, 0.6) is 5.75 Å². The highest BCUT2D eigenvalue weighted by Crippen LogP contribution is 2.44. The molecule has 3 nitrogen and oxygen atoms in total. The summed E-state index contributed by atoms with van der Waals surface area (Å²) in [5, 5.41) is 10.6. The first kappa shape index (κ1) is 12.1. The van der Waals surface area contributed by atoms with Gasteiger partial charge in [-0.1, -0.05) is 42.5 Å². The van der Waals surface area contributed by atoms with E-state index in [2.05, 4.69) is 4.90 Å². The summed E-state index contributed by atoms with van der Waals surface area (Å²) < 4.78 is 5.77. The molecule has 2 aromatic rings. The Morgan fingerprint density at radius 1 is 1.05 bits per heavy atom. The molecule has 0 bridgehead atoms. The first-order valence-electron chi connectivity index (χ1n) is 6.38. The van der Waals surface area contributed by atoms with Crippen LogP contribution in [0.25, 0.3) is 0 Å². The van der Waals surface area contributed by atoms with Crippen molar-refractivity contribution < 1.29 is 9.84 Å². The van der Waals surface area contributed by atoms with Crippen molar-refractivity contribution in [3.8, 4) is 5.75 Å². The van der Waals surface area contributed by atoms with Crippen LogP contribution in [0.1, 0.15) is 18.5 Å². The lowest BCUT2D eigenvalue weighted by atomic mass is 9.95. The largest absolute Gasteiger partial charge is 0.458 e. The molecule has 1 heterocycles. The van der Waals surface area contributed by atoms with Gasteiger partial charge in [-0.25, -0.2) is 0 Å². The fourth-order valence-electron chi connectivity index (χ4n) is 2.78. The minimum atomic E-state index is -1.26. The van der Waals surface area contributed by atoms with E-state index in [0.717, 1.165) is 11.3 Å². The molecular weight excluding hydrogens is 238 g/mol. The Morgan fingerprint density at radius 3 is 2.42 bits per heavy atom. The molecule has 2 aromatic carbocycles. The summed E-state index contributed by atoms with van der Waals surface area (Å²) in [4.78, 5) is 2.06. The van der Waals surface area contributed by atoms with E-state index in [9.17, 15) is 5.11 Å². The Kier molecular flexibility index (Phi) is 2.72. The van der Waals surface area contributed by atoms with Crippen LogP contribution in [0.3, 0.4) is 0 Å². The number of aliphatic hydroxyl groups is 1. The van der Waals surface area contributed by atoms with E-state index in [-0.39, 0.29) is 6.04 Å². The van der Waals surface area contributed by atoms with Gasteiger partial charge in [0.25, 0.3) is 0 Å². The van der Waals surface area contributed by atoms with Crippen molar-refractivity contribution in [3.63, 3.8) is 0 Å². The summed E-state index contributed by atoms with van der Waals surface area (Å²) in [6.07, 6.45) is 0. The van der Waals surface area contributed by atoms with Crippen LogP contribution in [0.2, 0.25) is 0 Å². The fraction of sp³-hybridized carbons (Fsp3) is 0.250. The first-order chi connectivity index (χ1) is 9.09. The van der Waals surface area contributed by atoms with E-state index < -0.39 is 5.79 Å². The third-order valence-electron chi connectivity index (χ3n) is 3.57. The number of hydrogen-bond acceptors (Lipinski definition) is 3. The summed E-state index contributed by atoms with van der Waals surface area (Å²) in [5.41, 5.74) is 2.02. The Hall–Kier alpha value is -2.00. The van der Waals surface area contributed by atoms with Crippen molar-refractivity contribution in [2.75, 3.05) is 11.9 Å². The van der Waals surface area contributed by atoms with Crippen LogP contribution in [0.4, 0.5) is 5.69 Å². The third-order valence-corrected chi connectivity index (χ3v) is 3.57. The normalized spacial score (nSPS) is 25.6. The molecule has 0 fully saturated rings. The second kappa shape index (κ2) is 4.28. The summed E-state index contributed by atoms with van der Waals surface area (Å²) >= 11 is 0. The highest BCUT2D eigenvalue weighted by atomic mass is 16.6. The number of fused-ring (bicyclic) bond motifs is 1. The standard InChI is InChI=1S/C16H17NO2/c1-16(18)15(12-8-4-3-5-9-12)17(2)13-10-6-7-11-14(13)19-16/h3-11,15,18H,1-2H3/t15-,16-/m0/s1. The van der Waals surface area contributed by atoms with E-state index >= 15 is 0 Å². The lowest BCUT2D eigenvalue weighted by Gasteiger charge is -2.45. The van der Waals surface area contributed by atoms with Crippen LogP contribution >= 0.6 is 0 Å². The molecule has 1 aliphatic heterocycles. The van der Waals surface area contributed by atoms with Gasteiger partial charge in [0.2, 0.25) is 5.79 Å². The molecule has 98 valence electrons. The molecule has 2 atom stereocenters. The minimum Gasteiger partial charge on any atom is -0.458 e. The molecule has 0 spiro atoms. The lowest BCUT2D eigenvalue weighted by Crippen LogP contribution is -2.50. The molecule has 0 unspecified atom stereocenters. The van der Waals surface area contributed by atoms with Gasteiger partial charge in [-0.15, -0.1) is 0 Å². The smallest absolute Gasteiger partial charge is 0.230 e. The maximum Gasteiger partial charge on any atom is 0.230 e. The van der Waals surface area contributed by atoms with Gasteiger partial charge in [0, 0.05) is 14.0 Å². The third kappa shape index (κ3) is 1.96. The lowest BCUT2D eigenvalue weighted by molar-refractivity contribution is -0.146. The highest BCUT2D eigenvalue weighted by Gasteiger charge is 2.43. The molecule has 1 N–H and O–H groups in total. The summed E-state index contributed by atoms with van der Waals surface area (Å²) in [5.74, 6) is -0.549. The number of para-hydroxylation sites is 2. The van der Waals surface area contributed by atoms with Gasteiger partial charge in [-0.3, -0.25) is 0 Å². The molecule has 0 saturated carbocycles. The monoisotopic (exact) mass is 255 g/mol. The molecule has 0 aromatic heterocycles. The molecule has 0 saturated heterocycles. The molecule has 19 heavy (non-hydrogen) atoms. The van der Waals surface area contributed by atoms with Crippen molar-refractivity contribution >= 4 is 5.69 Å². The zero-order chi connectivity index (χ0) is 13.5. The van der Waals surface area contributed by atoms with Gasteiger partial charge in [-0.05, 0) is 17.7 Å².